The molecule has 86 valence electrons. The van der Waals surface area contributed by atoms with E-state index in [9.17, 15) is 4.79 Å². The van der Waals surface area contributed by atoms with E-state index in [0.717, 1.165) is 0 Å². The average molecular weight is 257 g/mol. The highest BCUT2D eigenvalue weighted by Gasteiger charge is 2.21. The summed E-state index contributed by atoms with van der Waals surface area (Å²) in [7, 11) is 0. The Labute approximate surface area is 106 Å². The number of benzene rings is 1. The van der Waals surface area contributed by atoms with Gasteiger partial charge in [-0.05, 0) is 18.1 Å². The van der Waals surface area contributed by atoms with Crippen molar-refractivity contribution in [3.63, 3.8) is 0 Å². The lowest BCUT2D eigenvalue weighted by Crippen LogP contribution is -2.06. The van der Waals surface area contributed by atoms with E-state index in [-0.39, 0.29) is 5.78 Å². The Balaban J connectivity index is 2.11. The molecule has 1 aromatic rings. The third-order valence-electron chi connectivity index (χ3n) is 3.20. The standard InChI is InChI=1S/C13H14Cl2O/c14-11-7-3-6-10(13(11)15)12(16)8-9-4-1-2-5-9/h3,6-7,9H,1-2,4-5,8H2. The maximum atomic E-state index is 12.0. The van der Waals surface area contributed by atoms with E-state index in [2.05, 4.69) is 0 Å². The van der Waals surface area contributed by atoms with Crippen LogP contribution in [-0.2, 0) is 0 Å². The van der Waals surface area contributed by atoms with Gasteiger partial charge in [-0.1, -0.05) is 55.0 Å². The molecule has 0 bridgehead atoms. The summed E-state index contributed by atoms with van der Waals surface area (Å²) in [6.07, 6.45) is 5.45. The van der Waals surface area contributed by atoms with Crippen LogP contribution < -0.4 is 0 Å². The monoisotopic (exact) mass is 256 g/mol. The van der Waals surface area contributed by atoms with Crippen LogP contribution in [0.5, 0.6) is 0 Å². The first kappa shape index (κ1) is 11.9. The molecule has 0 unspecified atom stereocenters. The van der Waals surface area contributed by atoms with E-state index in [1.165, 1.54) is 25.7 Å². The number of carbonyl (C=O) groups excluding carboxylic acids is 1. The van der Waals surface area contributed by atoms with Crippen molar-refractivity contribution in [1.29, 1.82) is 0 Å². The third-order valence-corrected chi connectivity index (χ3v) is 4.02. The van der Waals surface area contributed by atoms with Gasteiger partial charge in [0.2, 0.25) is 0 Å². The topological polar surface area (TPSA) is 17.1 Å². The number of Topliss-reactive ketones (excluding diaryl/α,β-unsaturated/α-hetero) is 1. The molecule has 2 rings (SSSR count). The molecular formula is C13H14Cl2O. The van der Waals surface area contributed by atoms with Crippen LogP contribution in [-0.4, -0.2) is 5.78 Å². The van der Waals surface area contributed by atoms with Crippen LogP contribution >= 0.6 is 23.2 Å². The van der Waals surface area contributed by atoms with Gasteiger partial charge >= 0.3 is 0 Å². The predicted molar refractivity (Wildman–Crippen MR) is 67.4 cm³/mol. The summed E-state index contributed by atoms with van der Waals surface area (Å²) >= 11 is 11.9. The van der Waals surface area contributed by atoms with Gasteiger partial charge in [0.05, 0.1) is 10.0 Å². The van der Waals surface area contributed by atoms with Crippen LogP contribution in [0.4, 0.5) is 0 Å². The van der Waals surface area contributed by atoms with Gasteiger partial charge in [0, 0.05) is 12.0 Å². The Morgan fingerprint density at radius 2 is 1.94 bits per heavy atom. The maximum Gasteiger partial charge on any atom is 0.164 e. The van der Waals surface area contributed by atoms with Gasteiger partial charge in [0.15, 0.2) is 5.78 Å². The molecule has 0 saturated heterocycles. The molecule has 0 spiro atoms. The Kier molecular flexibility index (Phi) is 3.88. The number of halogens is 2. The SMILES string of the molecule is O=C(CC1CCCC1)c1cccc(Cl)c1Cl. The summed E-state index contributed by atoms with van der Waals surface area (Å²) < 4.78 is 0. The molecule has 0 N–H and O–H groups in total. The molecule has 1 nitrogen and oxygen atoms in total. The van der Waals surface area contributed by atoms with Crippen molar-refractivity contribution in [3.05, 3.63) is 33.8 Å². The van der Waals surface area contributed by atoms with Crippen molar-refractivity contribution in [1.82, 2.24) is 0 Å². The van der Waals surface area contributed by atoms with E-state index in [1.807, 2.05) is 0 Å². The molecule has 1 aliphatic rings. The minimum Gasteiger partial charge on any atom is -0.294 e. The van der Waals surface area contributed by atoms with Crippen LogP contribution in [0, 0.1) is 5.92 Å². The van der Waals surface area contributed by atoms with Gasteiger partial charge in [0.1, 0.15) is 0 Å². The summed E-state index contributed by atoms with van der Waals surface area (Å²) in [6, 6.07) is 5.23. The Bertz CT molecular complexity index is 395. The molecule has 3 heteroatoms. The van der Waals surface area contributed by atoms with Gasteiger partial charge in [-0.25, -0.2) is 0 Å². The van der Waals surface area contributed by atoms with Crippen LogP contribution in [0.25, 0.3) is 0 Å². The highest BCUT2D eigenvalue weighted by atomic mass is 35.5. The van der Waals surface area contributed by atoms with Crippen LogP contribution in [0.1, 0.15) is 42.5 Å². The first-order valence-electron chi connectivity index (χ1n) is 5.65. The Morgan fingerprint density at radius 3 is 2.62 bits per heavy atom. The van der Waals surface area contributed by atoms with Crippen molar-refractivity contribution < 1.29 is 4.79 Å². The number of hydrogen-bond donors (Lipinski definition) is 0. The third kappa shape index (κ3) is 2.58. The lowest BCUT2D eigenvalue weighted by Gasteiger charge is -2.09. The van der Waals surface area contributed by atoms with E-state index in [4.69, 9.17) is 23.2 Å². The molecule has 0 atom stereocenters. The molecule has 1 saturated carbocycles. The smallest absolute Gasteiger partial charge is 0.164 e. The zero-order chi connectivity index (χ0) is 11.5. The van der Waals surface area contributed by atoms with Crippen molar-refractivity contribution in [2.45, 2.75) is 32.1 Å². The van der Waals surface area contributed by atoms with Crippen molar-refractivity contribution >= 4 is 29.0 Å². The highest BCUT2D eigenvalue weighted by Crippen LogP contribution is 2.31. The van der Waals surface area contributed by atoms with Gasteiger partial charge < -0.3 is 0 Å². The van der Waals surface area contributed by atoms with Gasteiger partial charge in [-0.15, -0.1) is 0 Å². The Morgan fingerprint density at radius 1 is 1.25 bits per heavy atom. The predicted octanol–water partition coefficient (Wildman–Crippen LogP) is 4.76. The molecule has 0 heterocycles. The van der Waals surface area contributed by atoms with E-state index in [1.54, 1.807) is 18.2 Å². The van der Waals surface area contributed by atoms with Crippen molar-refractivity contribution in [3.8, 4) is 0 Å². The quantitative estimate of drug-likeness (QED) is 0.713. The number of hydrogen-bond acceptors (Lipinski definition) is 1. The van der Waals surface area contributed by atoms with Crippen molar-refractivity contribution in [2.75, 3.05) is 0 Å². The average Bonchev–Trinajstić information content (AvgIpc) is 2.74. The number of carbonyl (C=O) groups is 1. The molecule has 1 aromatic carbocycles. The molecule has 0 aliphatic heterocycles. The van der Waals surface area contributed by atoms with E-state index < -0.39 is 0 Å². The summed E-state index contributed by atoms with van der Waals surface area (Å²) in [5.41, 5.74) is 0.570. The Hall–Kier alpha value is -0.530. The fraction of sp³-hybridized carbons (Fsp3) is 0.462. The second-order valence-electron chi connectivity index (χ2n) is 4.38. The normalized spacial score (nSPS) is 16.6. The first-order chi connectivity index (χ1) is 7.68. The number of rotatable bonds is 3. The largest absolute Gasteiger partial charge is 0.294 e. The zero-order valence-electron chi connectivity index (χ0n) is 9.01. The maximum absolute atomic E-state index is 12.0. The summed E-state index contributed by atoms with van der Waals surface area (Å²) in [6.45, 7) is 0. The van der Waals surface area contributed by atoms with Crippen LogP contribution in [0.2, 0.25) is 10.0 Å². The van der Waals surface area contributed by atoms with Crippen molar-refractivity contribution in [2.24, 2.45) is 5.92 Å². The highest BCUT2D eigenvalue weighted by molar-refractivity contribution is 6.43. The fourth-order valence-corrected chi connectivity index (χ4v) is 2.71. The van der Waals surface area contributed by atoms with Gasteiger partial charge in [-0.3, -0.25) is 4.79 Å². The fourth-order valence-electron chi connectivity index (χ4n) is 2.31. The number of ketones is 1. The molecule has 0 amide bonds. The van der Waals surface area contributed by atoms with Gasteiger partial charge in [-0.2, -0.15) is 0 Å². The summed E-state index contributed by atoms with van der Waals surface area (Å²) in [5, 5.41) is 0.853. The molecule has 16 heavy (non-hydrogen) atoms. The van der Waals surface area contributed by atoms with Crippen LogP contribution in [0.15, 0.2) is 18.2 Å². The minimum atomic E-state index is 0.124. The molecule has 1 fully saturated rings. The second-order valence-corrected chi connectivity index (χ2v) is 5.16. The summed E-state index contributed by atoms with van der Waals surface area (Å²) in [5.74, 6) is 0.668. The first-order valence-corrected chi connectivity index (χ1v) is 6.41. The van der Waals surface area contributed by atoms with Crippen LogP contribution in [0.3, 0.4) is 0 Å². The van der Waals surface area contributed by atoms with E-state index >= 15 is 0 Å². The second kappa shape index (κ2) is 5.20. The molecular weight excluding hydrogens is 243 g/mol. The molecule has 1 aliphatic carbocycles. The molecule has 0 aromatic heterocycles. The lowest BCUT2D eigenvalue weighted by atomic mass is 9.97. The molecule has 0 radical (unpaired) electrons. The van der Waals surface area contributed by atoms with Gasteiger partial charge in [0.25, 0.3) is 0 Å². The van der Waals surface area contributed by atoms with E-state index in [0.29, 0.717) is 27.9 Å². The summed E-state index contributed by atoms with van der Waals surface area (Å²) in [4.78, 5) is 12.0. The zero-order valence-corrected chi connectivity index (χ0v) is 10.5. The minimum absolute atomic E-state index is 0.124. The lowest BCUT2D eigenvalue weighted by molar-refractivity contribution is 0.0962.